The van der Waals surface area contributed by atoms with Crippen molar-refractivity contribution in [3.8, 4) is 0 Å². The predicted molar refractivity (Wildman–Crippen MR) is 82.3 cm³/mol. The summed E-state index contributed by atoms with van der Waals surface area (Å²) >= 11 is 0. The zero-order valence-corrected chi connectivity index (χ0v) is 12.7. The molecule has 0 saturated carbocycles. The highest BCUT2D eigenvalue weighted by molar-refractivity contribution is 5.88. The molecular weight excluding hydrogens is 250 g/mol. The van der Waals surface area contributed by atoms with Gasteiger partial charge in [0.15, 0.2) is 0 Å². The van der Waals surface area contributed by atoms with E-state index in [-0.39, 0.29) is 11.8 Å². The van der Waals surface area contributed by atoms with E-state index < -0.39 is 5.97 Å². The third kappa shape index (κ3) is 2.87. The van der Waals surface area contributed by atoms with E-state index in [2.05, 4.69) is 50.5 Å². The fourth-order valence-electron chi connectivity index (χ4n) is 2.57. The number of hydrogen-bond acceptors (Lipinski definition) is 1. The highest BCUT2D eigenvalue weighted by Crippen LogP contribution is 2.29. The van der Waals surface area contributed by atoms with Crippen LogP contribution in [0.3, 0.4) is 0 Å². The summed E-state index contributed by atoms with van der Waals surface area (Å²) in [4.78, 5) is 11.1. The van der Waals surface area contributed by atoms with E-state index in [0.717, 1.165) is 29.4 Å². The molecule has 2 aromatic rings. The Kier molecular flexibility index (Phi) is 3.89. The Balaban J connectivity index is 2.61. The van der Waals surface area contributed by atoms with Gasteiger partial charge in [-0.2, -0.15) is 0 Å². The van der Waals surface area contributed by atoms with Crippen molar-refractivity contribution >= 4 is 16.9 Å². The summed E-state index contributed by atoms with van der Waals surface area (Å²) in [5.74, 6) is -0.776. The molecule has 2 rings (SSSR count). The van der Waals surface area contributed by atoms with Crippen LogP contribution >= 0.6 is 0 Å². The topological polar surface area (TPSA) is 42.2 Å². The van der Waals surface area contributed by atoms with E-state index in [1.165, 1.54) is 5.56 Å². The molecule has 3 heteroatoms. The van der Waals surface area contributed by atoms with Crippen molar-refractivity contribution in [2.45, 2.75) is 52.5 Å². The Bertz CT molecular complexity index is 632. The number of rotatable bonds is 4. The number of aliphatic carboxylic acids is 1. The number of carboxylic acids is 1. The average molecular weight is 273 g/mol. The summed E-state index contributed by atoms with van der Waals surface area (Å²) in [6.07, 6.45) is 3.12. The van der Waals surface area contributed by atoms with Gasteiger partial charge in [0.1, 0.15) is 0 Å². The maximum Gasteiger partial charge on any atom is 0.307 e. The summed E-state index contributed by atoms with van der Waals surface area (Å²) in [5, 5.41) is 10.2. The second-order valence-electron chi connectivity index (χ2n) is 6.40. The van der Waals surface area contributed by atoms with Gasteiger partial charge in [0, 0.05) is 23.6 Å². The first-order chi connectivity index (χ1) is 9.32. The first kappa shape index (κ1) is 14.6. The van der Waals surface area contributed by atoms with Crippen LogP contribution in [0, 0.1) is 0 Å². The average Bonchev–Trinajstić information content (AvgIpc) is 2.66. The number of hydrogen-bond donors (Lipinski definition) is 1. The molecule has 0 fully saturated rings. The summed E-state index contributed by atoms with van der Waals surface area (Å²) in [7, 11) is 0. The lowest BCUT2D eigenvalue weighted by atomic mass is 9.86. The van der Waals surface area contributed by atoms with Gasteiger partial charge in [-0.15, -0.1) is 0 Å². The number of aryl methyl sites for hydroxylation is 1. The van der Waals surface area contributed by atoms with Gasteiger partial charge < -0.3 is 9.67 Å². The van der Waals surface area contributed by atoms with Crippen LogP contribution < -0.4 is 0 Å². The van der Waals surface area contributed by atoms with Crippen molar-refractivity contribution in [1.82, 2.24) is 4.57 Å². The highest BCUT2D eigenvalue weighted by atomic mass is 16.4. The van der Waals surface area contributed by atoms with Crippen LogP contribution in [0.5, 0.6) is 0 Å². The third-order valence-corrected chi connectivity index (χ3v) is 3.64. The van der Waals surface area contributed by atoms with Gasteiger partial charge in [-0.25, -0.2) is 0 Å². The van der Waals surface area contributed by atoms with Crippen LogP contribution in [0.2, 0.25) is 0 Å². The smallest absolute Gasteiger partial charge is 0.307 e. The second-order valence-corrected chi connectivity index (χ2v) is 6.40. The third-order valence-electron chi connectivity index (χ3n) is 3.64. The minimum absolute atomic E-state index is 0.0710. The van der Waals surface area contributed by atoms with Gasteiger partial charge in [0.05, 0.1) is 6.42 Å². The molecule has 0 aliphatic rings. The molecule has 0 atom stereocenters. The molecule has 0 aliphatic heterocycles. The molecule has 20 heavy (non-hydrogen) atoms. The molecule has 0 spiro atoms. The van der Waals surface area contributed by atoms with Gasteiger partial charge in [0.2, 0.25) is 0 Å². The number of fused-ring (bicyclic) bond motifs is 1. The number of carboxylic acid groups (broad SMARTS) is 1. The fraction of sp³-hybridized carbons (Fsp3) is 0.471. The Morgan fingerprint density at radius 1 is 1.30 bits per heavy atom. The monoisotopic (exact) mass is 273 g/mol. The number of benzene rings is 1. The lowest BCUT2D eigenvalue weighted by Crippen LogP contribution is -2.10. The van der Waals surface area contributed by atoms with Crippen molar-refractivity contribution < 1.29 is 9.90 Å². The van der Waals surface area contributed by atoms with Crippen molar-refractivity contribution in [1.29, 1.82) is 0 Å². The summed E-state index contributed by atoms with van der Waals surface area (Å²) in [6, 6.07) is 6.43. The molecule has 0 bridgehead atoms. The molecule has 1 aromatic heterocycles. The standard InChI is InChI=1S/C17H23NO2/c1-5-8-18-11-12(9-16(19)20)14-10-13(17(2,3)4)6-7-15(14)18/h6-7,10-11H,5,8-9H2,1-4H3,(H,19,20). The summed E-state index contributed by atoms with van der Waals surface area (Å²) in [6.45, 7) is 9.58. The molecule has 108 valence electrons. The molecule has 1 heterocycles. The molecule has 0 amide bonds. The van der Waals surface area contributed by atoms with Crippen molar-refractivity contribution in [2.75, 3.05) is 0 Å². The van der Waals surface area contributed by atoms with Gasteiger partial charge in [0.25, 0.3) is 0 Å². The van der Waals surface area contributed by atoms with Crippen LogP contribution in [0.15, 0.2) is 24.4 Å². The zero-order chi connectivity index (χ0) is 14.9. The Morgan fingerprint density at radius 2 is 2.00 bits per heavy atom. The van der Waals surface area contributed by atoms with Gasteiger partial charge in [-0.1, -0.05) is 33.8 Å². The molecule has 0 radical (unpaired) electrons. The summed E-state index contributed by atoms with van der Waals surface area (Å²) < 4.78 is 2.17. The van der Waals surface area contributed by atoms with Crippen LogP contribution in [0.4, 0.5) is 0 Å². The highest BCUT2D eigenvalue weighted by Gasteiger charge is 2.17. The fourth-order valence-corrected chi connectivity index (χ4v) is 2.57. The molecule has 1 N–H and O–H groups in total. The minimum Gasteiger partial charge on any atom is -0.481 e. The Hall–Kier alpha value is -1.77. The van der Waals surface area contributed by atoms with E-state index in [4.69, 9.17) is 5.11 Å². The van der Waals surface area contributed by atoms with Crippen LogP contribution in [-0.2, 0) is 23.2 Å². The maximum atomic E-state index is 11.1. The lowest BCUT2D eigenvalue weighted by Gasteiger charge is -2.19. The molecule has 0 unspecified atom stereocenters. The predicted octanol–water partition coefficient (Wildman–Crippen LogP) is 3.98. The second kappa shape index (κ2) is 5.31. The molecule has 3 nitrogen and oxygen atoms in total. The van der Waals surface area contributed by atoms with E-state index in [1.807, 2.05) is 6.20 Å². The van der Waals surface area contributed by atoms with Crippen LogP contribution in [0.1, 0.15) is 45.2 Å². The number of carbonyl (C=O) groups is 1. The molecule has 1 aromatic carbocycles. The zero-order valence-electron chi connectivity index (χ0n) is 12.7. The minimum atomic E-state index is -0.776. The van der Waals surface area contributed by atoms with Gasteiger partial charge >= 0.3 is 5.97 Å². The molecular formula is C17H23NO2. The van der Waals surface area contributed by atoms with E-state index >= 15 is 0 Å². The number of nitrogens with zero attached hydrogens (tertiary/aromatic N) is 1. The van der Waals surface area contributed by atoms with Crippen molar-refractivity contribution in [2.24, 2.45) is 0 Å². The first-order valence-electron chi connectivity index (χ1n) is 7.17. The van der Waals surface area contributed by atoms with Gasteiger partial charge in [-0.3, -0.25) is 4.79 Å². The quantitative estimate of drug-likeness (QED) is 0.915. The Labute approximate surface area is 120 Å². The first-order valence-corrected chi connectivity index (χ1v) is 7.17. The van der Waals surface area contributed by atoms with E-state index in [9.17, 15) is 4.79 Å². The normalized spacial score (nSPS) is 12.0. The molecule has 0 aliphatic carbocycles. The van der Waals surface area contributed by atoms with Crippen LogP contribution in [0.25, 0.3) is 10.9 Å². The number of aromatic nitrogens is 1. The Morgan fingerprint density at radius 3 is 2.55 bits per heavy atom. The van der Waals surface area contributed by atoms with Crippen LogP contribution in [-0.4, -0.2) is 15.6 Å². The van der Waals surface area contributed by atoms with E-state index in [1.54, 1.807) is 0 Å². The lowest BCUT2D eigenvalue weighted by molar-refractivity contribution is -0.136. The SMILES string of the molecule is CCCn1cc(CC(=O)O)c2cc(C(C)(C)C)ccc21. The van der Waals surface area contributed by atoms with E-state index in [0.29, 0.717) is 0 Å². The maximum absolute atomic E-state index is 11.1. The van der Waals surface area contributed by atoms with Crippen molar-refractivity contribution in [3.63, 3.8) is 0 Å². The summed E-state index contributed by atoms with van der Waals surface area (Å²) in [5.41, 5.74) is 3.36. The molecule has 0 saturated heterocycles. The van der Waals surface area contributed by atoms with Gasteiger partial charge in [-0.05, 0) is 35.1 Å². The van der Waals surface area contributed by atoms with Crippen molar-refractivity contribution in [3.05, 3.63) is 35.5 Å². The largest absolute Gasteiger partial charge is 0.481 e.